The average molecular weight is 556 g/mol. The number of carbonyl (C=O) groups excluding carboxylic acids is 4. The zero-order valence-corrected chi connectivity index (χ0v) is 22.3. The van der Waals surface area contributed by atoms with E-state index in [1.165, 1.54) is 0 Å². The largest absolute Gasteiger partial charge is 0.444 e. The summed E-state index contributed by atoms with van der Waals surface area (Å²) < 4.78 is 20.6. The highest BCUT2D eigenvalue weighted by atomic mass is 32.1. The second-order valence-electron chi connectivity index (χ2n) is 10.8. The molecule has 1 aromatic rings. The van der Waals surface area contributed by atoms with Gasteiger partial charge in [-0.25, -0.2) is 9.18 Å². The van der Waals surface area contributed by atoms with Crippen LogP contribution in [0.1, 0.15) is 58.9 Å². The third kappa shape index (κ3) is 7.47. The standard InChI is InChI=1S/C24H34FN5O7S/c1-23(2,3)37-22(35)28-15-10-14(25)11-30(20(15)33)16(8-12-4-5-12)19(32)29-17(24(36,38)21(26)34)9-13-6-7-27-18(13)31/h10-13,16-17,36,38H,4-9H2,1-3H3,(H2,26,34)(H,27,31)(H,28,35)(H,29,32)/t13-,16-,17+,24-/m0/s1. The average Bonchev–Trinajstić information content (AvgIpc) is 3.52. The lowest BCUT2D eigenvalue weighted by molar-refractivity contribution is -0.134. The molecule has 38 heavy (non-hydrogen) atoms. The minimum atomic E-state index is -2.51. The molecule has 1 saturated carbocycles. The molecule has 14 heteroatoms. The maximum absolute atomic E-state index is 14.6. The predicted molar refractivity (Wildman–Crippen MR) is 138 cm³/mol. The zero-order valence-electron chi connectivity index (χ0n) is 21.5. The molecule has 1 saturated heterocycles. The first-order chi connectivity index (χ1) is 17.6. The summed E-state index contributed by atoms with van der Waals surface area (Å²) in [4.78, 5) is 60.5. The molecule has 2 heterocycles. The van der Waals surface area contributed by atoms with E-state index in [0.717, 1.165) is 29.7 Å². The van der Waals surface area contributed by atoms with Crippen LogP contribution < -0.4 is 27.2 Å². The predicted octanol–water partition coefficient (Wildman–Crippen LogP) is 0.790. The third-order valence-corrected chi connectivity index (χ3v) is 6.92. The highest BCUT2D eigenvalue weighted by molar-refractivity contribution is 7.82. The number of nitrogens with one attached hydrogen (secondary N) is 3. The monoisotopic (exact) mass is 555 g/mol. The van der Waals surface area contributed by atoms with Gasteiger partial charge in [0.15, 0.2) is 0 Å². The molecule has 1 aliphatic heterocycles. The van der Waals surface area contributed by atoms with E-state index >= 15 is 0 Å². The van der Waals surface area contributed by atoms with E-state index in [0.29, 0.717) is 13.0 Å². The molecule has 0 aromatic carbocycles. The molecule has 12 nitrogen and oxygen atoms in total. The Morgan fingerprint density at radius 3 is 2.45 bits per heavy atom. The maximum atomic E-state index is 14.6. The van der Waals surface area contributed by atoms with E-state index in [4.69, 9.17) is 10.5 Å². The van der Waals surface area contributed by atoms with Crippen LogP contribution in [-0.4, -0.2) is 56.6 Å². The summed E-state index contributed by atoms with van der Waals surface area (Å²) in [6.45, 7) is 5.24. The number of thiol groups is 1. The van der Waals surface area contributed by atoms with Gasteiger partial charge in [0, 0.05) is 24.7 Å². The Bertz CT molecular complexity index is 1160. The highest BCUT2D eigenvalue weighted by Crippen LogP contribution is 2.37. The van der Waals surface area contributed by atoms with Crippen molar-refractivity contribution in [1.82, 2.24) is 15.2 Å². The van der Waals surface area contributed by atoms with Gasteiger partial charge in [-0.2, -0.15) is 0 Å². The number of halogens is 1. The molecule has 3 rings (SSSR count). The molecule has 0 bridgehead atoms. The Labute approximate surface area is 224 Å². The number of rotatable bonds is 10. The van der Waals surface area contributed by atoms with E-state index in [1.807, 2.05) is 0 Å². The molecule has 6 N–H and O–H groups in total. The second kappa shape index (κ2) is 11.3. The number of hydrogen-bond donors (Lipinski definition) is 6. The van der Waals surface area contributed by atoms with Gasteiger partial charge in [0.2, 0.25) is 16.7 Å². The van der Waals surface area contributed by atoms with Crippen molar-refractivity contribution in [3.63, 3.8) is 0 Å². The van der Waals surface area contributed by atoms with Gasteiger partial charge in [0.05, 0.1) is 6.04 Å². The number of primary amides is 1. The first-order valence-electron chi connectivity index (χ1n) is 12.3. The Hall–Kier alpha value is -3.13. The lowest BCUT2D eigenvalue weighted by atomic mass is 9.93. The van der Waals surface area contributed by atoms with Gasteiger partial charge in [-0.05, 0) is 46.0 Å². The highest BCUT2D eigenvalue weighted by Gasteiger charge is 2.44. The van der Waals surface area contributed by atoms with Crippen molar-refractivity contribution in [3.8, 4) is 0 Å². The molecule has 0 unspecified atom stereocenters. The summed E-state index contributed by atoms with van der Waals surface area (Å²) >= 11 is 3.96. The summed E-state index contributed by atoms with van der Waals surface area (Å²) in [5.41, 5.74) is 3.14. The topological polar surface area (TPSA) is 182 Å². The molecule has 1 aliphatic carbocycles. The number of nitrogens with two attached hydrogens (primary N) is 1. The first-order valence-corrected chi connectivity index (χ1v) is 12.8. The first kappa shape index (κ1) is 29.4. The van der Waals surface area contributed by atoms with Gasteiger partial charge >= 0.3 is 6.09 Å². The smallest absolute Gasteiger partial charge is 0.412 e. The van der Waals surface area contributed by atoms with Crippen molar-refractivity contribution in [2.45, 2.75) is 75.5 Å². The summed E-state index contributed by atoms with van der Waals surface area (Å²) in [5, 5.41) is 18.1. The molecular formula is C24H34FN5O7S. The number of aliphatic hydroxyl groups is 1. The van der Waals surface area contributed by atoms with Crippen molar-refractivity contribution in [1.29, 1.82) is 0 Å². The quantitative estimate of drug-likeness (QED) is 0.182. The molecule has 4 amide bonds. The van der Waals surface area contributed by atoms with Gasteiger partial charge in [0.25, 0.3) is 11.5 Å². The van der Waals surface area contributed by atoms with E-state index in [9.17, 15) is 33.5 Å². The summed E-state index contributed by atoms with van der Waals surface area (Å²) in [7, 11) is 0. The Morgan fingerprint density at radius 2 is 1.92 bits per heavy atom. The van der Waals surface area contributed by atoms with E-state index < -0.39 is 63.5 Å². The summed E-state index contributed by atoms with van der Waals surface area (Å²) in [5.74, 6) is -3.81. The minimum Gasteiger partial charge on any atom is -0.444 e. The normalized spacial score (nSPS) is 20.6. The van der Waals surface area contributed by atoms with E-state index in [1.54, 1.807) is 20.8 Å². The van der Waals surface area contributed by atoms with E-state index in [-0.39, 0.29) is 24.7 Å². The fraction of sp³-hybridized carbons (Fsp3) is 0.625. The van der Waals surface area contributed by atoms with Crippen LogP contribution in [0.3, 0.4) is 0 Å². The van der Waals surface area contributed by atoms with Gasteiger partial charge in [-0.3, -0.25) is 29.1 Å². The number of anilines is 1. The number of hydrogen-bond acceptors (Lipinski definition) is 8. The molecule has 0 spiro atoms. The van der Waals surface area contributed by atoms with Crippen LogP contribution in [0.15, 0.2) is 17.1 Å². The summed E-state index contributed by atoms with van der Waals surface area (Å²) in [6.07, 6.45) is 1.85. The van der Waals surface area contributed by atoms with Crippen LogP contribution in [-0.2, 0) is 19.1 Å². The van der Waals surface area contributed by atoms with Gasteiger partial charge < -0.3 is 26.2 Å². The number of carbonyl (C=O) groups is 4. The lowest BCUT2D eigenvalue weighted by Crippen LogP contribution is -2.58. The van der Waals surface area contributed by atoms with Gasteiger partial charge in [-0.1, -0.05) is 12.8 Å². The third-order valence-electron chi connectivity index (χ3n) is 6.39. The zero-order chi connectivity index (χ0) is 28.4. The fourth-order valence-corrected chi connectivity index (χ4v) is 4.41. The van der Waals surface area contributed by atoms with Crippen molar-refractivity contribution >= 4 is 42.1 Å². The lowest BCUT2D eigenvalue weighted by Gasteiger charge is -2.32. The number of pyridine rings is 1. The van der Waals surface area contributed by atoms with Crippen molar-refractivity contribution in [3.05, 3.63) is 28.4 Å². The molecular weight excluding hydrogens is 521 g/mol. The minimum absolute atomic E-state index is 0.0771. The van der Waals surface area contributed by atoms with Crippen LogP contribution in [0.25, 0.3) is 0 Å². The Balaban J connectivity index is 1.92. The van der Waals surface area contributed by atoms with Crippen molar-refractivity contribution < 1.29 is 33.4 Å². The maximum Gasteiger partial charge on any atom is 0.412 e. The van der Waals surface area contributed by atoms with Gasteiger partial charge in [0.1, 0.15) is 23.1 Å². The van der Waals surface area contributed by atoms with Crippen LogP contribution in [0, 0.1) is 17.7 Å². The fourth-order valence-electron chi connectivity index (χ4n) is 4.24. The SMILES string of the molecule is CC(C)(C)OC(=O)Nc1cc(F)cn([C@@H](CC2CC2)C(=O)N[C@H](C[C@@H]2CCNC2=O)[C@](O)(S)C(N)=O)c1=O. The number of nitrogens with zero attached hydrogens (tertiary/aromatic N) is 1. The van der Waals surface area contributed by atoms with Crippen LogP contribution in [0.2, 0.25) is 0 Å². The number of aromatic nitrogens is 1. The summed E-state index contributed by atoms with van der Waals surface area (Å²) in [6, 6.07) is -1.84. The number of ether oxygens (including phenoxy) is 1. The van der Waals surface area contributed by atoms with Crippen molar-refractivity contribution in [2.24, 2.45) is 17.6 Å². The molecule has 1 aromatic heterocycles. The van der Waals surface area contributed by atoms with Crippen molar-refractivity contribution in [2.75, 3.05) is 11.9 Å². The Morgan fingerprint density at radius 1 is 1.26 bits per heavy atom. The van der Waals surface area contributed by atoms with Gasteiger partial charge in [-0.15, -0.1) is 12.6 Å². The second-order valence-corrected chi connectivity index (χ2v) is 11.5. The Kier molecular flexibility index (Phi) is 8.76. The molecule has 4 atom stereocenters. The van der Waals surface area contributed by atoms with E-state index in [2.05, 4.69) is 28.6 Å². The molecule has 2 aliphatic rings. The molecule has 0 radical (unpaired) electrons. The molecule has 210 valence electrons. The van der Waals surface area contributed by atoms with Crippen LogP contribution in [0.5, 0.6) is 0 Å². The van der Waals surface area contributed by atoms with Crippen LogP contribution >= 0.6 is 12.6 Å². The van der Waals surface area contributed by atoms with Crippen LogP contribution in [0.4, 0.5) is 14.9 Å². The number of amides is 4. The molecule has 2 fully saturated rings.